The first-order chi connectivity index (χ1) is 14.6. The average molecular weight is 398 g/mol. The Bertz CT molecular complexity index is 1090. The molecule has 152 valence electrons. The number of anilines is 1. The molecule has 0 amide bonds. The normalized spacial score (nSPS) is 18.3. The Kier molecular flexibility index (Phi) is 4.86. The van der Waals surface area contributed by atoms with Gasteiger partial charge in [0.1, 0.15) is 0 Å². The Morgan fingerprint density at radius 1 is 1.00 bits per heavy atom. The van der Waals surface area contributed by atoms with E-state index in [4.69, 9.17) is 4.98 Å². The number of carbonyl (C=O) groups excluding carboxylic acids is 1. The molecule has 4 heteroatoms. The molecule has 2 heterocycles. The second-order valence-corrected chi connectivity index (χ2v) is 8.82. The van der Waals surface area contributed by atoms with Crippen LogP contribution in [0.15, 0.2) is 54.7 Å². The molecule has 0 saturated carbocycles. The van der Waals surface area contributed by atoms with Crippen LogP contribution in [0.5, 0.6) is 0 Å². The summed E-state index contributed by atoms with van der Waals surface area (Å²) in [4.78, 5) is 24.5. The van der Waals surface area contributed by atoms with Crippen LogP contribution in [-0.2, 0) is 19.4 Å². The van der Waals surface area contributed by atoms with Crippen molar-refractivity contribution in [2.75, 3.05) is 11.4 Å². The van der Waals surface area contributed by atoms with Crippen molar-refractivity contribution in [3.05, 3.63) is 88.2 Å². The van der Waals surface area contributed by atoms with E-state index >= 15 is 0 Å². The van der Waals surface area contributed by atoms with E-state index in [1.807, 2.05) is 0 Å². The molecule has 1 aromatic heterocycles. The third-order valence-electron chi connectivity index (χ3n) is 6.51. The number of benzene rings is 2. The molecule has 0 saturated heterocycles. The molecule has 0 radical (unpaired) electrons. The summed E-state index contributed by atoms with van der Waals surface area (Å²) in [5, 5.41) is 0. The first kappa shape index (κ1) is 19.0. The molecule has 1 atom stereocenters. The number of hydrogen-bond donors (Lipinski definition) is 0. The van der Waals surface area contributed by atoms with Crippen LogP contribution >= 0.6 is 0 Å². The minimum atomic E-state index is 0.157. The van der Waals surface area contributed by atoms with Crippen molar-refractivity contribution in [1.29, 1.82) is 0 Å². The summed E-state index contributed by atoms with van der Waals surface area (Å²) in [6, 6.07) is 17.3. The lowest BCUT2D eigenvalue weighted by Gasteiger charge is -2.30. The monoisotopic (exact) mass is 397 g/mol. The first-order valence-electron chi connectivity index (χ1n) is 10.9. The summed E-state index contributed by atoms with van der Waals surface area (Å²) in [5.41, 5.74) is 6.90. The number of aromatic nitrogens is 2. The zero-order chi connectivity index (χ0) is 20.7. The van der Waals surface area contributed by atoms with Gasteiger partial charge in [-0.1, -0.05) is 62.4 Å². The van der Waals surface area contributed by atoms with Gasteiger partial charge >= 0.3 is 0 Å². The number of Topliss-reactive ketones (excluding diaryl/α,β-unsaturated/α-hetero) is 1. The van der Waals surface area contributed by atoms with Gasteiger partial charge < -0.3 is 4.90 Å². The van der Waals surface area contributed by atoms with Crippen LogP contribution in [0, 0.1) is 0 Å². The smallest absolute Gasteiger partial charge is 0.225 e. The third kappa shape index (κ3) is 3.51. The fourth-order valence-electron chi connectivity index (χ4n) is 4.64. The van der Waals surface area contributed by atoms with E-state index in [0.29, 0.717) is 17.9 Å². The van der Waals surface area contributed by atoms with E-state index in [1.54, 1.807) is 6.20 Å². The lowest BCUT2D eigenvalue weighted by Crippen LogP contribution is -2.32. The number of ketones is 1. The van der Waals surface area contributed by atoms with E-state index in [0.717, 1.165) is 37.6 Å². The van der Waals surface area contributed by atoms with Gasteiger partial charge in [0.15, 0.2) is 5.78 Å². The van der Waals surface area contributed by atoms with Gasteiger partial charge in [-0.05, 0) is 46.9 Å². The fourth-order valence-corrected chi connectivity index (χ4v) is 4.64. The maximum absolute atomic E-state index is 12.8. The molecule has 0 fully saturated rings. The predicted molar refractivity (Wildman–Crippen MR) is 119 cm³/mol. The lowest BCUT2D eigenvalue weighted by molar-refractivity contribution is 0.0962. The van der Waals surface area contributed by atoms with E-state index in [-0.39, 0.29) is 11.7 Å². The molecule has 2 aromatic carbocycles. The van der Waals surface area contributed by atoms with Crippen LogP contribution in [0.2, 0.25) is 0 Å². The molecular weight excluding hydrogens is 370 g/mol. The van der Waals surface area contributed by atoms with Gasteiger partial charge in [0.2, 0.25) is 5.95 Å². The van der Waals surface area contributed by atoms with Gasteiger partial charge in [0.05, 0.1) is 11.3 Å². The second-order valence-electron chi connectivity index (χ2n) is 8.82. The number of fused-ring (bicyclic) bond motifs is 2. The van der Waals surface area contributed by atoms with E-state index < -0.39 is 0 Å². The molecule has 4 nitrogen and oxygen atoms in total. The Hall–Kier alpha value is -3.01. The topological polar surface area (TPSA) is 46.1 Å². The summed E-state index contributed by atoms with van der Waals surface area (Å²) in [7, 11) is 0. The van der Waals surface area contributed by atoms with Crippen LogP contribution in [0.25, 0.3) is 0 Å². The van der Waals surface area contributed by atoms with Crippen molar-refractivity contribution in [3.8, 4) is 0 Å². The maximum atomic E-state index is 12.8. The summed E-state index contributed by atoms with van der Waals surface area (Å²) >= 11 is 0. The molecule has 1 aliphatic heterocycles. The zero-order valence-corrected chi connectivity index (χ0v) is 17.6. The summed E-state index contributed by atoms with van der Waals surface area (Å²) in [6.45, 7) is 6.13. The number of hydrogen-bond acceptors (Lipinski definition) is 4. The van der Waals surface area contributed by atoms with Crippen LogP contribution in [0.3, 0.4) is 0 Å². The Morgan fingerprint density at radius 3 is 2.53 bits per heavy atom. The van der Waals surface area contributed by atoms with Crippen LogP contribution in [0.4, 0.5) is 5.95 Å². The van der Waals surface area contributed by atoms with Gasteiger partial charge in [0.25, 0.3) is 0 Å². The molecule has 0 N–H and O–H groups in total. The molecule has 1 aliphatic carbocycles. The molecule has 3 aromatic rings. The highest BCUT2D eigenvalue weighted by atomic mass is 16.1. The Balaban J connectivity index is 1.40. The Labute approximate surface area is 178 Å². The Morgan fingerprint density at radius 2 is 1.77 bits per heavy atom. The lowest BCUT2D eigenvalue weighted by atomic mass is 9.81. The van der Waals surface area contributed by atoms with Gasteiger partial charge in [-0.15, -0.1) is 0 Å². The summed E-state index contributed by atoms with van der Waals surface area (Å²) in [5.74, 6) is 1.60. The molecular formula is C26H27N3O. The van der Waals surface area contributed by atoms with Crippen molar-refractivity contribution >= 4 is 11.7 Å². The van der Waals surface area contributed by atoms with E-state index in [2.05, 4.69) is 72.3 Å². The van der Waals surface area contributed by atoms with Gasteiger partial charge in [-0.2, -0.15) is 0 Å². The van der Waals surface area contributed by atoms with Gasteiger partial charge in [-0.25, -0.2) is 9.97 Å². The highest BCUT2D eigenvalue weighted by Crippen LogP contribution is 2.33. The zero-order valence-electron chi connectivity index (χ0n) is 17.6. The van der Waals surface area contributed by atoms with Crippen LogP contribution < -0.4 is 4.90 Å². The highest BCUT2D eigenvalue weighted by molar-refractivity contribution is 5.98. The fraction of sp³-hybridized carbons (Fsp3) is 0.346. The number of nitrogens with zero attached hydrogens (tertiary/aromatic N) is 3. The van der Waals surface area contributed by atoms with Crippen molar-refractivity contribution in [1.82, 2.24) is 9.97 Å². The number of carbonyl (C=O) groups is 1. The van der Waals surface area contributed by atoms with E-state index in [1.165, 1.54) is 22.3 Å². The standard InChI is InChI=1S/C26H27N3O/c1-17(2)18-7-9-20(10-8-18)22-13-24-23(25(30)14-22)15-27-26(28-24)29-12-11-19-5-3-4-6-21(19)16-29/h3-10,15,17,22H,11-14,16H2,1-2H3/t22-/m1/s1. The average Bonchev–Trinajstić information content (AvgIpc) is 2.78. The largest absolute Gasteiger partial charge is 0.336 e. The first-order valence-corrected chi connectivity index (χ1v) is 10.9. The highest BCUT2D eigenvalue weighted by Gasteiger charge is 2.29. The molecule has 5 rings (SSSR count). The van der Waals surface area contributed by atoms with Gasteiger partial charge in [-0.3, -0.25) is 4.79 Å². The van der Waals surface area contributed by atoms with Crippen LogP contribution in [-0.4, -0.2) is 22.3 Å². The minimum absolute atomic E-state index is 0.157. The van der Waals surface area contributed by atoms with Crippen molar-refractivity contribution < 1.29 is 4.79 Å². The quantitative estimate of drug-likeness (QED) is 0.619. The van der Waals surface area contributed by atoms with Crippen molar-refractivity contribution in [2.45, 2.75) is 51.5 Å². The second kappa shape index (κ2) is 7.67. The third-order valence-corrected chi connectivity index (χ3v) is 6.51. The maximum Gasteiger partial charge on any atom is 0.225 e. The molecule has 30 heavy (non-hydrogen) atoms. The van der Waals surface area contributed by atoms with E-state index in [9.17, 15) is 4.79 Å². The minimum Gasteiger partial charge on any atom is -0.336 e. The molecule has 0 bridgehead atoms. The molecule has 0 spiro atoms. The summed E-state index contributed by atoms with van der Waals surface area (Å²) < 4.78 is 0. The van der Waals surface area contributed by atoms with Crippen LogP contribution in [0.1, 0.15) is 70.4 Å². The molecule has 2 aliphatic rings. The summed E-state index contributed by atoms with van der Waals surface area (Å²) in [6.07, 6.45) is 4.08. The SMILES string of the molecule is CC(C)c1ccc([C@H]2CC(=O)c3cnc(N4CCc5ccccc5C4)nc3C2)cc1. The number of rotatable bonds is 3. The van der Waals surface area contributed by atoms with Crippen molar-refractivity contribution in [2.24, 2.45) is 0 Å². The molecule has 0 unspecified atom stereocenters. The van der Waals surface area contributed by atoms with Gasteiger partial charge in [0, 0.05) is 25.7 Å². The van der Waals surface area contributed by atoms with Crippen molar-refractivity contribution in [3.63, 3.8) is 0 Å². The predicted octanol–water partition coefficient (Wildman–Crippen LogP) is 5.08.